The lowest BCUT2D eigenvalue weighted by atomic mass is 10.3. The Hall–Kier alpha value is -0.740. The molecule has 0 bridgehead atoms. The fourth-order valence-corrected chi connectivity index (χ4v) is 2.75. The largest absolute Gasteiger partial charge is 0.370 e. The Kier molecular flexibility index (Phi) is 3.13. The van der Waals surface area contributed by atoms with Crippen LogP contribution in [-0.4, -0.2) is 33.1 Å². The maximum Gasteiger partial charge on any atom is 0.175 e. The number of nitrogens with zero attached hydrogens (tertiary/aromatic N) is 1. The highest BCUT2D eigenvalue weighted by Crippen LogP contribution is 2.24. The quantitative estimate of drug-likeness (QED) is 0.762. The SMILES string of the molecule is CS(=O)(=O)c1ccc(N2CCC(Cl)C2)cc1. The predicted octanol–water partition coefficient (Wildman–Crippen LogP) is 1.91. The second-order valence-corrected chi connectivity index (χ2v) is 6.73. The zero-order valence-corrected chi connectivity index (χ0v) is 10.6. The van der Waals surface area contributed by atoms with Gasteiger partial charge in [-0.3, -0.25) is 0 Å². The van der Waals surface area contributed by atoms with E-state index in [1.54, 1.807) is 12.1 Å². The summed E-state index contributed by atoms with van der Waals surface area (Å²) in [5.41, 5.74) is 1.04. The van der Waals surface area contributed by atoms with Crippen LogP contribution in [0.4, 0.5) is 5.69 Å². The van der Waals surface area contributed by atoms with Gasteiger partial charge in [0.15, 0.2) is 9.84 Å². The Labute approximate surface area is 101 Å². The van der Waals surface area contributed by atoms with Crippen molar-refractivity contribution in [1.82, 2.24) is 0 Å². The average molecular weight is 260 g/mol. The average Bonchev–Trinajstić information content (AvgIpc) is 2.64. The molecule has 0 amide bonds. The molecular formula is C11H14ClNO2S. The van der Waals surface area contributed by atoms with Crippen LogP contribution in [0.3, 0.4) is 0 Å². The summed E-state index contributed by atoms with van der Waals surface area (Å²) >= 11 is 6.02. The Bertz CT molecular complexity index is 469. The highest BCUT2D eigenvalue weighted by molar-refractivity contribution is 7.90. The molecule has 1 saturated heterocycles. The first kappa shape index (κ1) is 11.7. The molecule has 5 heteroatoms. The van der Waals surface area contributed by atoms with Gasteiger partial charge >= 0.3 is 0 Å². The number of sulfone groups is 1. The van der Waals surface area contributed by atoms with Gasteiger partial charge in [-0.25, -0.2) is 8.42 Å². The second-order valence-electron chi connectivity index (χ2n) is 4.10. The molecule has 0 radical (unpaired) electrons. The molecule has 0 saturated carbocycles. The molecule has 88 valence electrons. The molecular weight excluding hydrogens is 246 g/mol. The highest BCUT2D eigenvalue weighted by Gasteiger charge is 2.20. The van der Waals surface area contributed by atoms with Crippen molar-refractivity contribution in [2.45, 2.75) is 16.7 Å². The minimum Gasteiger partial charge on any atom is -0.370 e. The van der Waals surface area contributed by atoms with E-state index in [0.29, 0.717) is 4.90 Å². The fourth-order valence-electron chi connectivity index (χ4n) is 1.86. The molecule has 1 heterocycles. The van der Waals surface area contributed by atoms with Crippen LogP contribution in [0.15, 0.2) is 29.2 Å². The first-order chi connectivity index (χ1) is 7.47. The Morgan fingerprint density at radius 2 is 1.94 bits per heavy atom. The summed E-state index contributed by atoms with van der Waals surface area (Å²) in [6.45, 7) is 1.77. The van der Waals surface area contributed by atoms with Crippen LogP contribution in [0.1, 0.15) is 6.42 Å². The van der Waals surface area contributed by atoms with Crippen LogP contribution in [0.5, 0.6) is 0 Å². The number of rotatable bonds is 2. The van der Waals surface area contributed by atoms with Crippen LogP contribution >= 0.6 is 11.6 Å². The van der Waals surface area contributed by atoms with Gasteiger partial charge in [0.25, 0.3) is 0 Å². The summed E-state index contributed by atoms with van der Waals surface area (Å²) in [6.07, 6.45) is 2.20. The van der Waals surface area contributed by atoms with E-state index in [4.69, 9.17) is 11.6 Å². The number of hydrogen-bond acceptors (Lipinski definition) is 3. The zero-order chi connectivity index (χ0) is 11.8. The standard InChI is InChI=1S/C11H14ClNO2S/c1-16(14,15)11-4-2-10(3-5-11)13-7-6-9(12)8-13/h2-5,9H,6-8H2,1H3. The van der Waals surface area contributed by atoms with Crippen LogP contribution in [0, 0.1) is 0 Å². The van der Waals surface area contributed by atoms with E-state index in [9.17, 15) is 8.42 Å². The molecule has 1 aliphatic heterocycles. The maximum absolute atomic E-state index is 11.3. The van der Waals surface area contributed by atoms with Crippen molar-refractivity contribution in [3.8, 4) is 0 Å². The van der Waals surface area contributed by atoms with Gasteiger partial charge in [0.05, 0.1) is 10.3 Å². The van der Waals surface area contributed by atoms with Gasteiger partial charge in [0.1, 0.15) is 0 Å². The molecule has 3 nitrogen and oxygen atoms in total. The maximum atomic E-state index is 11.3. The number of anilines is 1. The monoisotopic (exact) mass is 259 g/mol. The lowest BCUT2D eigenvalue weighted by Crippen LogP contribution is -2.19. The Morgan fingerprint density at radius 1 is 1.31 bits per heavy atom. The van der Waals surface area contributed by atoms with Crippen molar-refractivity contribution in [2.24, 2.45) is 0 Å². The van der Waals surface area contributed by atoms with Gasteiger partial charge in [0.2, 0.25) is 0 Å². The van der Waals surface area contributed by atoms with E-state index in [1.165, 1.54) is 6.26 Å². The highest BCUT2D eigenvalue weighted by atomic mass is 35.5. The van der Waals surface area contributed by atoms with Crippen molar-refractivity contribution < 1.29 is 8.42 Å². The first-order valence-electron chi connectivity index (χ1n) is 5.16. The molecule has 1 aromatic rings. The number of alkyl halides is 1. The third kappa shape index (κ3) is 2.50. The van der Waals surface area contributed by atoms with Crippen LogP contribution in [-0.2, 0) is 9.84 Å². The van der Waals surface area contributed by atoms with E-state index < -0.39 is 9.84 Å². The summed E-state index contributed by atoms with van der Waals surface area (Å²) in [5.74, 6) is 0. The Balaban J connectivity index is 2.20. The molecule has 2 rings (SSSR count). The predicted molar refractivity (Wildman–Crippen MR) is 66.0 cm³/mol. The summed E-state index contributed by atoms with van der Waals surface area (Å²) < 4.78 is 22.6. The van der Waals surface area contributed by atoms with Crippen molar-refractivity contribution >= 4 is 27.1 Å². The summed E-state index contributed by atoms with van der Waals surface area (Å²) in [5, 5.41) is 0.203. The van der Waals surface area contributed by atoms with E-state index in [-0.39, 0.29) is 5.38 Å². The molecule has 1 fully saturated rings. The van der Waals surface area contributed by atoms with Crippen molar-refractivity contribution in [1.29, 1.82) is 0 Å². The molecule has 1 unspecified atom stereocenters. The number of hydrogen-bond donors (Lipinski definition) is 0. The van der Waals surface area contributed by atoms with Gasteiger partial charge in [0, 0.05) is 25.0 Å². The van der Waals surface area contributed by atoms with Crippen LogP contribution in [0.25, 0.3) is 0 Å². The first-order valence-corrected chi connectivity index (χ1v) is 7.49. The van der Waals surface area contributed by atoms with E-state index >= 15 is 0 Å². The van der Waals surface area contributed by atoms with E-state index in [0.717, 1.165) is 25.2 Å². The van der Waals surface area contributed by atoms with Gasteiger partial charge < -0.3 is 4.90 Å². The van der Waals surface area contributed by atoms with Crippen molar-refractivity contribution in [3.63, 3.8) is 0 Å². The summed E-state index contributed by atoms with van der Waals surface area (Å²) in [7, 11) is -3.10. The van der Waals surface area contributed by atoms with Crippen molar-refractivity contribution in [2.75, 3.05) is 24.2 Å². The van der Waals surface area contributed by atoms with Gasteiger partial charge in [-0.2, -0.15) is 0 Å². The van der Waals surface area contributed by atoms with Crippen LogP contribution in [0.2, 0.25) is 0 Å². The molecule has 0 spiro atoms. The third-order valence-corrected chi connectivity index (χ3v) is 4.25. The van der Waals surface area contributed by atoms with Gasteiger partial charge in [-0.05, 0) is 30.7 Å². The minimum atomic E-state index is -3.10. The fraction of sp³-hybridized carbons (Fsp3) is 0.455. The van der Waals surface area contributed by atoms with E-state index in [2.05, 4.69) is 4.90 Å². The van der Waals surface area contributed by atoms with Gasteiger partial charge in [-0.15, -0.1) is 11.6 Å². The minimum absolute atomic E-state index is 0.203. The Morgan fingerprint density at radius 3 is 2.38 bits per heavy atom. The lowest BCUT2D eigenvalue weighted by Gasteiger charge is -2.17. The molecule has 1 aromatic carbocycles. The smallest absolute Gasteiger partial charge is 0.175 e. The molecule has 1 aliphatic rings. The normalized spacial score (nSPS) is 21.4. The lowest BCUT2D eigenvalue weighted by molar-refractivity contribution is 0.602. The topological polar surface area (TPSA) is 37.4 Å². The molecule has 0 aromatic heterocycles. The van der Waals surface area contributed by atoms with Crippen molar-refractivity contribution in [3.05, 3.63) is 24.3 Å². The number of halogens is 1. The summed E-state index contributed by atoms with van der Waals surface area (Å²) in [4.78, 5) is 2.53. The molecule has 16 heavy (non-hydrogen) atoms. The van der Waals surface area contributed by atoms with E-state index in [1.807, 2.05) is 12.1 Å². The zero-order valence-electron chi connectivity index (χ0n) is 9.06. The molecule has 0 N–H and O–H groups in total. The second kappa shape index (κ2) is 4.26. The van der Waals surface area contributed by atoms with Crippen LogP contribution < -0.4 is 4.90 Å². The molecule has 1 atom stereocenters. The summed E-state index contributed by atoms with van der Waals surface area (Å²) in [6, 6.07) is 6.97. The van der Waals surface area contributed by atoms with Gasteiger partial charge in [-0.1, -0.05) is 0 Å². The third-order valence-electron chi connectivity index (χ3n) is 2.76. The molecule has 0 aliphatic carbocycles. The number of benzene rings is 1.